The van der Waals surface area contributed by atoms with Gasteiger partial charge in [0.25, 0.3) is 0 Å². The predicted molar refractivity (Wildman–Crippen MR) is 65.9 cm³/mol. The summed E-state index contributed by atoms with van der Waals surface area (Å²) in [4.78, 5) is 14.3. The average Bonchev–Trinajstić information content (AvgIpc) is 2.60. The van der Waals surface area contributed by atoms with Gasteiger partial charge in [-0.1, -0.05) is 22.4 Å². The molecular weight excluding hydrogens is 274 g/mol. The number of aromatic nitrogens is 2. The zero-order valence-electron chi connectivity index (χ0n) is 9.36. The monoisotopic (exact) mass is 289 g/mol. The molecule has 1 aromatic heterocycles. The highest BCUT2D eigenvalue weighted by Gasteiger charge is 2.16. The molecule has 0 bridgehead atoms. The van der Waals surface area contributed by atoms with Gasteiger partial charge in [0, 0.05) is 12.3 Å². The van der Waals surface area contributed by atoms with E-state index in [1.54, 1.807) is 11.5 Å². The van der Waals surface area contributed by atoms with Crippen molar-refractivity contribution in [3.8, 4) is 0 Å². The van der Waals surface area contributed by atoms with Crippen molar-refractivity contribution in [2.45, 2.75) is 39.2 Å². The van der Waals surface area contributed by atoms with Gasteiger partial charge in [-0.05, 0) is 24.2 Å². The lowest BCUT2D eigenvalue weighted by Gasteiger charge is -2.02. The Hall–Kier alpha value is -0.910. The van der Waals surface area contributed by atoms with E-state index in [0.717, 1.165) is 31.0 Å². The molecule has 0 atom stereocenters. The number of nitro groups is 1. The summed E-state index contributed by atoms with van der Waals surface area (Å²) in [6, 6.07) is 0. The number of nitrogens with zero attached hydrogens (tertiary/aromatic N) is 3. The standard InChI is InChI=1S/C10H16BrN3O2/c1-9-12-8-10(14(15)16)13(9)7-5-3-2-4-6-11/h8H,2-7H2,1H3. The topological polar surface area (TPSA) is 61.0 Å². The lowest BCUT2D eigenvalue weighted by molar-refractivity contribution is -0.392. The van der Waals surface area contributed by atoms with Crippen molar-refractivity contribution in [2.24, 2.45) is 0 Å². The second kappa shape index (κ2) is 6.62. The molecule has 0 aliphatic carbocycles. The van der Waals surface area contributed by atoms with E-state index in [1.165, 1.54) is 6.20 Å². The van der Waals surface area contributed by atoms with Crippen molar-refractivity contribution in [1.82, 2.24) is 9.55 Å². The third kappa shape index (κ3) is 3.59. The van der Waals surface area contributed by atoms with E-state index in [2.05, 4.69) is 20.9 Å². The van der Waals surface area contributed by atoms with Crippen molar-refractivity contribution in [1.29, 1.82) is 0 Å². The summed E-state index contributed by atoms with van der Waals surface area (Å²) in [5, 5.41) is 11.7. The molecular formula is C10H16BrN3O2. The van der Waals surface area contributed by atoms with Crippen LogP contribution in [0, 0.1) is 17.0 Å². The van der Waals surface area contributed by atoms with Crippen LogP contribution in [-0.2, 0) is 6.54 Å². The molecule has 0 unspecified atom stereocenters. The lowest BCUT2D eigenvalue weighted by atomic mass is 10.2. The van der Waals surface area contributed by atoms with Crippen LogP contribution >= 0.6 is 15.9 Å². The van der Waals surface area contributed by atoms with Gasteiger partial charge in [0.2, 0.25) is 0 Å². The predicted octanol–water partition coefficient (Wildman–Crippen LogP) is 3.06. The first-order valence-electron chi connectivity index (χ1n) is 5.39. The summed E-state index contributed by atoms with van der Waals surface area (Å²) in [5.74, 6) is 0.810. The molecule has 0 amide bonds. The number of hydrogen-bond acceptors (Lipinski definition) is 3. The normalized spacial score (nSPS) is 10.6. The average molecular weight is 290 g/mol. The number of rotatable bonds is 7. The minimum atomic E-state index is -0.377. The van der Waals surface area contributed by atoms with Crippen molar-refractivity contribution in [2.75, 3.05) is 5.33 Å². The molecule has 0 fully saturated rings. The minimum absolute atomic E-state index is 0.0954. The van der Waals surface area contributed by atoms with Gasteiger partial charge in [0.05, 0.1) is 6.54 Å². The van der Waals surface area contributed by atoms with Crippen LogP contribution in [0.4, 0.5) is 5.82 Å². The number of halogens is 1. The summed E-state index contributed by atoms with van der Waals surface area (Å²) in [6.45, 7) is 2.48. The zero-order chi connectivity index (χ0) is 12.0. The van der Waals surface area contributed by atoms with Crippen LogP contribution in [0.1, 0.15) is 31.5 Å². The first kappa shape index (κ1) is 13.2. The molecule has 0 saturated heterocycles. The number of hydrogen-bond donors (Lipinski definition) is 0. The molecule has 1 heterocycles. The molecule has 0 radical (unpaired) electrons. The van der Waals surface area contributed by atoms with E-state index >= 15 is 0 Å². The van der Waals surface area contributed by atoms with Gasteiger partial charge in [-0.15, -0.1) is 0 Å². The van der Waals surface area contributed by atoms with Crippen molar-refractivity contribution in [3.63, 3.8) is 0 Å². The van der Waals surface area contributed by atoms with E-state index in [1.807, 2.05) is 0 Å². The lowest BCUT2D eigenvalue weighted by Crippen LogP contribution is -2.05. The number of imidazole rings is 1. The molecule has 0 saturated carbocycles. The highest BCUT2D eigenvalue weighted by atomic mass is 79.9. The van der Waals surface area contributed by atoms with Crippen LogP contribution in [0.15, 0.2) is 6.20 Å². The molecule has 1 aromatic rings. The Morgan fingerprint density at radius 3 is 2.75 bits per heavy atom. The fraction of sp³-hybridized carbons (Fsp3) is 0.700. The van der Waals surface area contributed by atoms with Crippen molar-refractivity contribution >= 4 is 21.7 Å². The molecule has 0 aliphatic heterocycles. The second-order valence-corrected chi connectivity index (χ2v) is 4.47. The maximum atomic E-state index is 10.7. The first-order chi connectivity index (χ1) is 7.66. The summed E-state index contributed by atoms with van der Waals surface area (Å²) >= 11 is 3.38. The van der Waals surface area contributed by atoms with E-state index in [-0.39, 0.29) is 10.7 Å². The molecule has 5 nitrogen and oxygen atoms in total. The maximum absolute atomic E-state index is 10.7. The van der Waals surface area contributed by atoms with E-state index in [4.69, 9.17) is 0 Å². The van der Waals surface area contributed by atoms with Crippen LogP contribution in [0.3, 0.4) is 0 Å². The molecule has 0 N–H and O–H groups in total. The van der Waals surface area contributed by atoms with E-state index in [0.29, 0.717) is 12.4 Å². The fourth-order valence-corrected chi connectivity index (χ4v) is 1.99. The quantitative estimate of drug-likeness (QED) is 0.335. The molecule has 0 spiro atoms. The number of alkyl halides is 1. The molecule has 0 aromatic carbocycles. The minimum Gasteiger partial charge on any atom is -0.358 e. The SMILES string of the molecule is Cc1ncc([N+](=O)[O-])n1CCCCCCBr. The summed E-state index contributed by atoms with van der Waals surface area (Å²) in [5.41, 5.74) is 0. The summed E-state index contributed by atoms with van der Waals surface area (Å²) < 4.78 is 1.67. The fourth-order valence-electron chi connectivity index (χ4n) is 1.60. The van der Waals surface area contributed by atoms with E-state index in [9.17, 15) is 10.1 Å². The van der Waals surface area contributed by atoms with Gasteiger partial charge in [-0.25, -0.2) is 9.55 Å². The Labute approximate surface area is 103 Å². The van der Waals surface area contributed by atoms with Crippen LogP contribution in [-0.4, -0.2) is 19.8 Å². The Kier molecular flexibility index (Phi) is 5.45. The highest BCUT2D eigenvalue weighted by Crippen LogP contribution is 2.15. The second-order valence-electron chi connectivity index (χ2n) is 3.68. The summed E-state index contributed by atoms with van der Waals surface area (Å²) in [7, 11) is 0. The van der Waals surface area contributed by atoms with E-state index < -0.39 is 0 Å². The van der Waals surface area contributed by atoms with Crippen LogP contribution in [0.2, 0.25) is 0 Å². The smallest absolute Gasteiger partial charge is 0.342 e. The van der Waals surface area contributed by atoms with Gasteiger partial charge in [0.1, 0.15) is 6.20 Å². The largest absolute Gasteiger partial charge is 0.358 e. The number of unbranched alkanes of at least 4 members (excludes halogenated alkanes) is 3. The third-order valence-electron chi connectivity index (χ3n) is 2.49. The molecule has 0 aliphatic rings. The van der Waals surface area contributed by atoms with Crippen LogP contribution in [0.25, 0.3) is 0 Å². The Bertz CT molecular complexity index is 352. The van der Waals surface area contributed by atoms with Crippen molar-refractivity contribution < 1.29 is 4.92 Å². The Morgan fingerprint density at radius 1 is 1.44 bits per heavy atom. The van der Waals surface area contributed by atoms with Gasteiger partial charge in [0.15, 0.2) is 5.82 Å². The first-order valence-corrected chi connectivity index (χ1v) is 6.51. The molecule has 6 heteroatoms. The van der Waals surface area contributed by atoms with Gasteiger partial charge >= 0.3 is 5.82 Å². The molecule has 1 rings (SSSR count). The zero-order valence-corrected chi connectivity index (χ0v) is 10.9. The Morgan fingerprint density at radius 2 is 2.12 bits per heavy atom. The van der Waals surface area contributed by atoms with Crippen molar-refractivity contribution in [3.05, 3.63) is 22.1 Å². The van der Waals surface area contributed by atoms with Crippen LogP contribution < -0.4 is 0 Å². The van der Waals surface area contributed by atoms with Gasteiger partial charge < -0.3 is 10.1 Å². The van der Waals surface area contributed by atoms with Gasteiger partial charge in [-0.2, -0.15) is 0 Å². The number of aryl methyl sites for hydroxylation is 1. The maximum Gasteiger partial charge on any atom is 0.342 e. The molecule has 16 heavy (non-hydrogen) atoms. The third-order valence-corrected chi connectivity index (χ3v) is 3.05. The highest BCUT2D eigenvalue weighted by molar-refractivity contribution is 9.09. The molecule has 90 valence electrons. The Balaban J connectivity index is 2.46. The summed E-state index contributed by atoms with van der Waals surface area (Å²) in [6.07, 6.45) is 5.71. The van der Waals surface area contributed by atoms with Gasteiger partial charge in [-0.3, -0.25) is 0 Å². The van der Waals surface area contributed by atoms with Crippen LogP contribution in [0.5, 0.6) is 0 Å².